The predicted molar refractivity (Wildman–Crippen MR) is 134 cm³/mol. The van der Waals surface area contributed by atoms with Gasteiger partial charge in [0, 0.05) is 22.2 Å². The van der Waals surface area contributed by atoms with Crippen molar-refractivity contribution in [3.63, 3.8) is 0 Å². The van der Waals surface area contributed by atoms with Gasteiger partial charge in [-0.15, -0.1) is 0 Å². The summed E-state index contributed by atoms with van der Waals surface area (Å²) in [4.78, 5) is 50.6. The lowest BCUT2D eigenvalue weighted by Crippen LogP contribution is -2.49. The Labute approximate surface area is 226 Å². The molecular formula is C22H10BrCl4N3O5. The normalized spacial score (nSPS) is 12.7. The van der Waals surface area contributed by atoms with E-state index in [2.05, 4.69) is 15.9 Å². The SMILES string of the molecule is O=C(c1ccc([N+](=O)[O-])cc1)N(Cc1ccc(Br)cc1)N1C(=O)c2c(Cl)c(Cl)c(Cl)c(Cl)c2C1=O. The van der Waals surface area contributed by atoms with E-state index < -0.39 is 22.6 Å². The van der Waals surface area contributed by atoms with Crippen molar-refractivity contribution in [2.75, 3.05) is 0 Å². The molecule has 0 radical (unpaired) electrons. The number of amides is 3. The third kappa shape index (κ3) is 4.50. The van der Waals surface area contributed by atoms with E-state index in [-0.39, 0.29) is 49.0 Å². The molecule has 1 aliphatic heterocycles. The maximum atomic E-state index is 13.5. The molecule has 0 saturated heterocycles. The third-order valence-corrected chi connectivity index (χ3v) is 7.46. The number of carbonyl (C=O) groups excluding carboxylic acids is 3. The largest absolute Gasteiger partial charge is 0.282 e. The van der Waals surface area contributed by atoms with Gasteiger partial charge in [-0.05, 0) is 29.8 Å². The fourth-order valence-electron chi connectivity index (χ4n) is 3.43. The van der Waals surface area contributed by atoms with E-state index >= 15 is 0 Å². The number of rotatable bonds is 5. The Morgan fingerprint density at radius 2 is 1.34 bits per heavy atom. The third-order valence-electron chi connectivity index (χ3n) is 5.13. The first-order valence-electron chi connectivity index (χ1n) is 9.58. The molecule has 1 heterocycles. The molecule has 0 unspecified atom stereocenters. The van der Waals surface area contributed by atoms with Crippen molar-refractivity contribution < 1.29 is 19.3 Å². The van der Waals surface area contributed by atoms with Crippen molar-refractivity contribution in [3.8, 4) is 0 Å². The highest BCUT2D eigenvalue weighted by Gasteiger charge is 2.46. The van der Waals surface area contributed by atoms with Crippen LogP contribution in [0.25, 0.3) is 0 Å². The molecule has 35 heavy (non-hydrogen) atoms. The molecule has 1 aliphatic rings. The molecule has 8 nitrogen and oxygen atoms in total. The summed E-state index contributed by atoms with van der Waals surface area (Å²) in [6.07, 6.45) is 0. The van der Waals surface area contributed by atoms with E-state index in [0.717, 1.165) is 21.6 Å². The van der Waals surface area contributed by atoms with Crippen molar-refractivity contribution >= 4 is 85.7 Å². The number of hydrogen-bond acceptors (Lipinski definition) is 5. The van der Waals surface area contributed by atoms with Gasteiger partial charge in [0.15, 0.2) is 0 Å². The molecule has 3 aromatic rings. The Balaban J connectivity index is 1.82. The molecule has 0 spiro atoms. The number of fused-ring (bicyclic) bond motifs is 1. The number of nitrogens with zero attached hydrogens (tertiary/aromatic N) is 3. The zero-order valence-corrected chi connectivity index (χ0v) is 21.7. The van der Waals surface area contributed by atoms with Gasteiger partial charge in [0.2, 0.25) is 0 Å². The number of imide groups is 1. The maximum absolute atomic E-state index is 13.5. The number of hydrazine groups is 1. The lowest BCUT2D eigenvalue weighted by molar-refractivity contribution is -0.384. The molecule has 0 atom stereocenters. The Morgan fingerprint density at radius 3 is 1.80 bits per heavy atom. The molecule has 0 aliphatic carbocycles. The highest BCUT2D eigenvalue weighted by molar-refractivity contribution is 9.10. The van der Waals surface area contributed by atoms with Gasteiger partial charge < -0.3 is 0 Å². The van der Waals surface area contributed by atoms with Crippen molar-refractivity contribution in [3.05, 3.63) is 105 Å². The first-order valence-corrected chi connectivity index (χ1v) is 11.9. The predicted octanol–water partition coefficient (Wildman–Crippen LogP) is 6.82. The average Bonchev–Trinajstić information content (AvgIpc) is 3.10. The highest BCUT2D eigenvalue weighted by Crippen LogP contribution is 2.45. The number of non-ortho nitro benzene ring substituents is 1. The minimum absolute atomic E-state index is 0.00229. The van der Waals surface area contributed by atoms with Gasteiger partial charge in [-0.2, -0.15) is 5.01 Å². The summed E-state index contributed by atoms with van der Waals surface area (Å²) >= 11 is 27.9. The molecule has 13 heteroatoms. The number of halogens is 5. The molecular weight excluding hydrogens is 608 g/mol. The van der Waals surface area contributed by atoms with Gasteiger partial charge in [-0.3, -0.25) is 24.5 Å². The van der Waals surface area contributed by atoms with Crippen LogP contribution in [-0.4, -0.2) is 32.7 Å². The van der Waals surface area contributed by atoms with Crippen molar-refractivity contribution in [1.29, 1.82) is 0 Å². The Hall–Kier alpha value is -2.69. The second-order valence-corrected chi connectivity index (χ2v) is 9.65. The van der Waals surface area contributed by atoms with Crippen LogP contribution in [0, 0.1) is 10.1 Å². The average molecular weight is 618 g/mol. The second kappa shape index (κ2) is 9.75. The van der Waals surface area contributed by atoms with Gasteiger partial charge >= 0.3 is 0 Å². The van der Waals surface area contributed by atoms with E-state index in [1.54, 1.807) is 24.3 Å². The van der Waals surface area contributed by atoms with Crippen molar-refractivity contribution in [2.24, 2.45) is 0 Å². The number of benzene rings is 3. The Morgan fingerprint density at radius 1 is 0.857 bits per heavy atom. The molecule has 0 aromatic heterocycles. The minimum Gasteiger partial charge on any atom is -0.267 e. The monoisotopic (exact) mass is 615 g/mol. The molecule has 0 N–H and O–H groups in total. The van der Waals surface area contributed by atoms with Crippen LogP contribution in [0.1, 0.15) is 36.6 Å². The zero-order chi connectivity index (χ0) is 25.6. The fraction of sp³-hybridized carbons (Fsp3) is 0.0455. The molecule has 3 amide bonds. The van der Waals surface area contributed by atoms with Crippen LogP contribution in [0.2, 0.25) is 20.1 Å². The zero-order valence-electron chi connectivity index (χ0n) is 17.1. The summed E-state index contributed by atoms with van der Waals surface area (Å²) in [7, 11) is 0. The van der Waals surface area contributed by atoms with Crippen molar-refractivity contribution in [1.82, 2.24) is 10.0 Å². The fourth-order valence-corrected chi connectivity index (χ4v) is 4.71. The van der Waals surface area contributed by atoms with Gasteiger partial charge in [0.25, 0.3) is 23.4 Å². The summed E-state index contributed by atoms with van der Waals surface area (Å²) in [6.45, 7) is -0.203. The van der Waals surface area contributed by atoms with E-state index in [1.165, 1.54) is 12.1 Å². The summed E-state index contributed by atoms with van der Waals surface area (Å²) in [6, 6.07) is 11.5. The van der Waals surface area contributed by atoms with Gasteiger partial charge in [-0.25, -0.2) is 5.01 Å². The number of nitro groups is 1. The summed E-state index contributed by atoms with van der Waals surface area (Å²) in [5.41, 5.74) is -0.225. The number of carbonyl (C=O) groups is 3. The van der Waals surface area contributed by atoms with Gasteiger partial charge in [0.1, 0.15) is 0 Å². The first-order chi connectivity index (χ1) is 16.5. The maximum Gasteiger partial charge on any atom is 0.282 e. The summed E-state index contributed by atoms with van der Waals surface area (Å²) in [5, 5.41) is 11.5. The summed E-state index contributed by atoms with van der Waals surface area (Å²) < 4.78 is 0.776. The van der Waals surface area contributed by atoms with Gasteiger partial charge in [0.05, 0.1) is 42.7 Å². The first kappa shape index (κ1) is 25.4. The Kier molecular flexibility index (Phi) is 7.08. The van der Waals surface area contributed by atoms with Gasteiger partial charge in [-0.1, -0.05) is 74.5 Å². The quantitative estimate of drug-likeness (QED) is 0.103. The molecule has 178 valence electrons. The van der Waals surface area contributed by atoms with Crippen LogP contribution in [0.4, 0.5) is 5.69 Å². The molecule has 0 fully saturated rings. The van der Waals surface area contributed by atoms with Crippen molar-refractivity contribution in [2.45, 2.75) is 6.54 Å². The molecule has 0 saturated carbocycles. The van der Waals surface area contributed by atoms with Crippen LogP contribution in [0.3, 0.4) is 0 Å². The van der Waals surface area contributed by atoms with E-state index in [4.69, 9.17) is 46.4 Å². The van der Waals surface area contributed by atoms with E-state index in [0.29, 0.717) is 10.6 Å². The van der Waals surface area contributed by atoms with Crippen LogP contribution >= 0.6 is 62.3 Å². The Bertz CT molecular complexity index is 1370. The molecule has 4 rings (SSSR count). The minimum atomic E-state index is -0.928. The number of hydrogen-bond donors (Lipinski definition) is 0. The van der Waals surface area contributed by atoms with Crippen LogP contribution in [-0.2, 0) is 6.54 Å². The lowest BCUT2D eigenvalue weighted by atomic mass is 10.1. The molecule has 3 aromatic carbocycles. The van der Waals surface area contributed by atoms with Crippen LogP contribution < -0.4 is 0 Å². The lowest BCUT2D eigenvalue weighted by Gasteiger charge is -2.30. The smallest absolute Gasteiger partial charge is 0.267 e. The van der Waals surface area contributed by atoms with Crippen LogP contribution in [0.5, 0.6) is 0 Å². The topological polar surface area (TPSA) is 101 Å². The number of nitro benzene ring substituents is 1. The van der Waals surface area contributed by atoms with E-state index in [1.807, 2.05) is 0 Å². The highest BCUT2D eigenvalue weighted by atomic mass is 79.9. The van der Waals surface area contributed by atoms with Crippen LogP contribution in [0.15, 0.2) is 53.0 Å². The standard InChI is InChI=1S/C22H10BrCl4N3O5/c23-12-5-1-10(2-6-12)9-28(20(31)11-3-7-13(8-4-11)30(34)35)29-21(32)14-15(22(29)33)17(25)19(27)18(26)16(14)24/h1-8H,9H2. The molecule has 0 bridgehead atoms. The second-order valence-electron chi connectivity index (χ2n) is 7.22. The van der Waals surface area contributed by atoms with E-state index in [9.17, 15) is 24.5 Å². The summed E-state index contributed by atoms with van der Waals surface area (Å²) in [5.74, 6) is -2.63.